The first-order valence-electron chi connectivity index (χ1n) is 6.42. The Hall–Kier alpha value is -3.15. The molecule has 1 aromatic rings. The lowest BCUT2D eigenvalue weighted by atomic mass is 9.99. The minimum Gasteiger partial charge on any atom is -0.507 e. The van der Waals surface area contributed by atoms with Crippen molar-refractivity contribution in [2.75, 3.05) is 0 Å². The molecule has 1 heterocycles. The number of nitrogens with zero attached hydrogens (tertiary/aromatic N) is 1. The number of para-hydroxylation sites is 1. The monoisotopic (exact) mass is 297 g/mol. The van der Waals surface area contributed by atoms with Crippen LogP contribution in [-0.4, -0.2) is 26.1 Å². The summed E-state index contributed by atoms with van der Waals surface area (Å²) in [6, 6.07) is 6.82. The molecule has 110 valence electrons. The lowest BCUT2D eigenvalue weighted by molar-refractivity contribution is 0.101. The van der Waals surface area contributed by atoms with Gasteiger partial charge in [0, 0.05) is 17.0 Å². The van der Waals surface area contributed by atoms with Gasteiger partial charge in [-0.2, -0.15) is 0 Å². The molecule has 0 bridgehead atoms. The molecule has 0 saturated carbocycles. The first kappa shape index (κ1) is 13.8. The van der Waals surface area contributed by atoms with Crippen LogP contribution >= 0.6 is 0 Å². The molecule has 6 nitrogen and oxygen atoms in total. The number of benzene rings is 2. The fraction of sp³-hybridized carbons (Fsp3) is 0.0625. The predicted molar refractivity (Wildman–Crippen MR) is 79.6 cm³/mol. The van der Waals surface area contributed by atoms with E-state index in [4.69, 9.17) is 0 Å². The molecule has 6 heteroatoms. The van der Waals surface area contributed by atoms with E-state index in [1.807, 2.05) is 0 Å². The van der Waals surface area contributed by atoms with Crippen molar-refractivity contribution in [3.8, 4) is 28.5 Å². The van der Waals surface area contributed by atoms with Crippen molar-refractivity contribution in [1.82, 2.24) is 4.98 Å². The number of phenolic OH excluding ortho intramolecular Hbond substituents is 2. The molecular weight excluding hydrogens is 286 g/mol. The summed E-state index contributed by atoms with van der Waals surface area (Å²) >= 11 is 0. The van der Waals surface area contributed by atoms with E-state index in [9.17, 15) is 24.9 Å². The molecule has 0 amide bonds. The highest BCUT2D eigenvalue weighted by atomic mass is 16.3. The van der Waals surface area contributed by atoms with E-state index in [0.29, 0.717) is 0 Å². The van der Waals surface area contributed by atoms with Gasteiger partial charge in [-0.25, -0.2) is 4.98 Å². The Balaban J connectivity index is 2.61. The van der Waals surface area contributed by atoms with Crippen molar-refractivity contribution >= 4 is 16.7 Å². The molecule has 0 spiro atoms. The molecule has 0 aromatic heterocycles. The van der Waals surface area contributed by atoms with Gasteiger partial charge in [0.25, 0.3) is 0 Å². The minimum atomic E-state index is -0.819. The van der Waals surface area contributed by atoms with Gasteiger partial charge in [0.05, 0.1) is 11.3 Å². The third-order valence-corrected chi connectivity index (χ3v) is 3.43. The molecule has 22 heavy (non-hydrogen) atoms. The van der Waals surface area contributed by atoms with Crippen LogP contribution in [0, 0.1) is 0 Å². The van der Waals surface area contributed by atoms with E-state index in [-0.39, 0.29) is 39.2 Å². The summed E-state index contributed by atoms with van der Waals surface area (Å²) in [5, 5.41) is 30.1. The van der Waals surface area contributed by atoms with Gasteiger partial charge in [-0.1, -0.05) is 6.07 Å². The summed E-state index contributed by atoms with van der Waals surface area (Å²) in [5.41, 5.74) is -0.738. The van der Waals surface area contributed by atoms with Crippen LogP contribution in [0.4, 0.5) is 0 Å². The van der Waals surface area contributed by atoms with E-state index >= 15 is 0 Å². The highest BCUT2D eigenvalue weighted by Gasteiger charge is 2.21. The maximum Gasteiger partial charge on any atom is 0.231 e. The van der Waals surface area contributed by atoms with Gasteiger partial charge < -0.3 is 15.3 Å². The van der Waals surface area contributed by atoms with Crippen molar-refractivity contribution in [1.29, 1.82) is 0 Å². The minimum absolute atomic E-state index is 0.0996. The molecule has 1 aromatic carbocycles. The second-order valence-corrected chi connectivity index (χ2v) is 4.90. The van der Waals surface area contributed by atoms with Crippen LogP contribution in [0.1, 0.15) is 17.3 Å². The van der Waals surface area contributed by atoms with Gasteiger partial charge in [-0.05, 0) is 25.1 Å². The Morgan fingerprint density at radius 2 is 1.77 bits per heavy atom. The Bertz CT molecular complexity index is 965. The van der Waals surface area contributed by atoms with Gasteiger partial charge in [-0.3, -0.25) is 9.59 Å². The Morgan fingerprint density at radius 3 is 2.45 bits per heavy atom. The Kier molecular flexibility index (Phi) is 2.95. The largest absolute Gasteiger partial charge is 0.507 e. The number of hydrogen-bond donors (Lipinski definition) is 3. The summed E-state index contributed by atoms with van der Waals surface area (Å²) in [4.78, 5) is 27.9. The summed E-state index contributed by atoms with van der Waals surface area (Å²) in [5.74, 6) is -1.56. The van der Waals surface area contributed by atoms with Gasteiger partial charge in [0.2, 0.25) is 5.43 Å². The second-order valence-electron chi connectivity index (χ2n) is 4.90. The summed E-state index contributed by atoms with van der Waals surface area (Å²) < 4.78 is 0. The zero-order valence-electron chi connectivity index (χ0n) is 11.5. The standard InChI is InChI=1S/C16H11NO5/c1-7(18)14-9-5-12(20)8-3-2-4-11(19)15(8)17-10(9)6-13(21)16(14)22/h2-6,19-21H,1H3. The first-order chi connectivity index (χ1) is 10.4. The Labute approximate surface area is 124 Å². The summed E-state index contributed by atoms with van der Waals surface area (Å²) in [7, 11) is 0. The van der Waals surface area contributed by atoms with Crippen molar-refractivity contribution < 1.29 is 20.1 Å². The molecule has 3 rings (SSSR count). The predicted octanol–water partition coefficient (Wildman–Crippen LogP) is 2.02. The number of carbonyl (C=O) groups is 1. The van der Waals surface area contributed by atoms with Gasteiger partial charge in [0.1, 0.15) is 17.0 Å². The van der Waals surface area contributed by atoms with Gasteiger partial charge in [-0.15, -0.1) is 0 Å². The molecule has 3 N–H and O–H groups in total. The maximum atomic E-state index is 12.0. The molecule has 0 atom stereocenters. The molecule has 0 fully saturated rings. The SMILES string of the molecule is CC(=O)c1c2cc(O)c3cccc(O)c3nc-2cc(O)c1=O. The number of rotatable bonds is 1. The number of hydrogen-bond acceptors (Lipinski definition) is 6. The topological polar surface area (TPSA) is 108 Å². The third kappa shape index (κ3) is 1.93. The number of carbonyl (C=O) groups excluding carboxylic acids is 1. The summed E-state index contributed by atoms with van der Waals surface area (Å²) in [6.45, 7) is 1.19. The zero-order valence-corrected chi connectivity index (χ0v) is 11.5. The number of ketones is 1. The van der Waals surface area contributed by atoms with Crippen LogP contribution in [0.3, 0.4) is 0 Å². The highest BCUT2D eigenvalue weighted by Crippen LogP contribution is 2.35. The first-order valence-corrected chi connectivity index (χ1v) is 6.42. The number of fused-ring (bicyclic) bond motifs is 2. The third-order valence-electron chi connectivity index (χ3n) is 3.43. The fourth-order valence-electron chi connectivity index (χ4n) is 2.43. The molecule has 0 radical (unpaired) electrons. The van der Waals surface area contributed by atoms with Crippen LogP contribution < -0.4 is 5.43 Å². The van der Waals surface area contributed by atoms with Crippen molar-refractivity contribution in [2.45, 2.75) is 6.92 Å². The van der Waals surface area contributed by atoms with Crippen molar-refractivity contribution in [3.63, 3.8) is 0 Å². The molecule has 0 unspecified atom stereocenters. The van der Waals surface area contributed by atoms with Crippen LogP contribution in [-0.2, 0) is 0 Å². The quantitative estimate of drug-likeness (QED) is 0.593. The maximum absolute atomic E-state index is 12.0. The fourth-order valence-corrected chi connectivity index (χ4v) is 2.43. The average molecular weight is 297 g/mol. The summed E-state index contributed by atoms with van der Waals surface area (Å²) in [6.07, 6.45) is 0. The van der Waals surface area contributed by atoms with E-state index in [0.717, 1.165) is 6.07 Å². The molecule has 2 aliphatic rings. The molecule has 0 saturated heterocycles. The second kappa shape index (κ2) is 4.70. The van der Waals surface area contributed by atoms with E-state index < -0.39 is 17.0 Å². The van der Waals surface area contributed by atoms with Crippen LogP contribution in [0.5, 0.6) is 17.2 Å². The van der Waals surface area contributed by atoms with E-state index in [1.165, 1.54) is 25.1 Å². The number of Topliss-reactive ketones (excluding diaryl/α,β-unsaturated/α-hetero) is 1. The van der Waals surface area contributed by atoms with Gasteiger partial charge in [0.15, 0.2) is 11.5 Å². The van der Waals surface area contributed by atoms with Crippen LogP contribution in [0.25, 0.3) is 22.2 Å². The lowest BCUT2D eigenvalue weighted by Crippen LogP contribution is -2.14. The Morgan fingerprint density at radius 1 is 1.05 bits per heavy atom. The molecule has 1 aliphatic carbocycles. The van der Waals surface area contributed by atoms with Crippen LogP contribution in [0.2, 0.25) is 0 Å². The number of phenols is 2. The van der Waals surface area contributed by atoms with E-state index in [1.54, 1.807) is 6.07 Å². The smallest absolute Gasteiger partial charge is 0.231 e. The number of aromatic hydroxyl groups is 3. The normalized spacial score (nSPS) is 11.0. The lowest BCUT2D eigenvalue weighted by Gasteiger charge is -2.06. The van der Waals surface area contributed by atoms with Crippen molar-refractivity contribution in [2.24, 2.45) is 0 Å². The zero-order chi connectivity index (χ0) is 16.0. The van der Waals surface area contributed by atoms with Crippen LogP contribution in [0.15, 0.2) is 35.1 Å². The van der Waals surface area contributed by atoms with Crippen molar-refractivity contribution in [3.05, 3.63) is 46.1 Å². The highest BCUT2D eigenvalue weighted by molar-refractivity contribution is 6.02. The molecule has 1 aliphatic heterocycles. The van der Waals surface area contributed by atoms with Gasteiger partial charge >= 0.3 is 0 Å². The molecular formula is C16H11NO5. The average Bonchev–Trinajstić information content (AvgIpc) is 2.58. The van der Waals surface area contributed by atoms with E-state index in [2.05, 4.69) is 4.98 Å². The number of aromatic nitrogens is 1.